The van der Waals surface area contributed by atoms with E-state index >= 15 is 0 Å². The van der Waals surface area contributed by atoms with Crippen molar-refractivity contribution < 1.29 is 0 Å². The molecule has 0 aromatic carbocycles. The minimum Gasteiger partial charge on any atom is -0.313 e. The molecule has 2 heteroatoms. The molecule has 0 spiro atoms. The van der Waals surface area contributed by atoms with Crippen LogP contribution in [0.2, 0.25) is 0 Å². The first kappa shape index (κ1) is 11.4. The third kappa shape index (κ3) is 2.94. The van der Waals surface area contributed by atoms with Crippen molar-refractivity contribution in [1.82, 2.24) is 10.2 Å². The van der Waals surface area contributed by atoms with Gasteiger partial charge in [-0.05, 0) is 37.1 Å². The second-order valence-corrected chi connectivity index (χ2v) is 6.04. The molecule has 2 fully saturated rings. The van der Waals surface area contributed by atoms with Gasteiger partial charge in [-0.1, -0.05) is 20.8 Å². The first-order valence-corrected chi connectivity index (χ1v) is 6.57. The molecule has 2 unspecified atom stereocenters. The Kier molecular flexibility index (Phi) is 3.36. The average Bonchev–Trinajstić information content (AvgIpc) is 2.85. The van der Waals surface area contributed by atoms with E-state index in [-0.39, 0.29) is 0 Å². The second-order valence-electron chi connectivity index (χ2n) is 6.04. The molecule has 2 nitrogen and oxygen atoms in total. The maximum atomic E-state index is 3.63. The molecular formula is C13H26N2. The number of rotatable bonds is 3. The maximum Gasteiger partial charge on any atom is 0.0107 e. The van der Waals surface area contributed by atoms with Crippen LogP contribution >= 0.6 is 0 Å². The summed E-state index contributed by atoms with van der Waals surface area (Å²) in [6.45, 7) is 12.2. The molecule has 0 amide bonds. The van der Waals surface area contributed by atoms with Gasteiger partial charge in [0, 0.05) is 25.7 Å². The zero-order valence-electron chi connectivity index (χ0n) is 10.6. The Morgan fingerprint density at radius 1 is 1.33 bits per heavy atom. The fourth-order valence-electron chi connectivity index (χ4n) is 2.71. The zero-order valence-corrected chi connectivity index (χ0v) is 10.6. The zero-order chi connectivity index (χ0) is 10.9. The Morgan fingerprint density at radius 3 is 2.67 bits per heavy atom. The molecule has 1 saturated carbocycles. The summed E-state index contributed by atoms with van der Waals surface area (Å²) >= 11 is 0. The molecule has 1 aliphatic heterocycles. The van der Waals surface area contributed by atoms with Crippen molar-refractivity contribution >= 4 is 0 Å². The normalized spacial score (nSPS) is 36.2. The van der Waals surface area contributed by atoms with Crippen LogP contribution in [-0.2, 0) is 0 Å². The van der Waals surface area contributed by atoms with E-state index in [1.807, 2.05) is 0 Å². The van der Waals surface area contributed by atoms with Crippen LogP contribution in [0.15, 0.2) is 0 Å². The van der Waals surface area contributed by atoms with Crippen LogP contribution in [0.25, 0.3) is 0 Å². The van der Waals surface area contributed by atoms with Crippen molar-refractivity contribution in [3.05, 3.63) is 0 Å². The van der Waals surface area contributed by atoms with E-state index < -0.39 is 0 Å². The average molecular weight is 210 g/mol. The lowest BCUT2D eigenvalue weighted by molar-refractivity contribution is 0.264. The number of hydrogen-bond donors (Lipinski definition) is 1. The first-order valence-electron chi connectivity index (χ1n) is 6.57. The van der Waals surface area contributed by atoms with Crippen molar-refractivity contribution in [3.63, 3.8) is 0 Å². The molecule has 2 aliphatic rings. The number of hydrogen-bond acceptors (Lipinski definition) is 2. The molecule has 2 rings (SSSR count). The topological polar surface area (TPSA) is 15.3 Å². The molecule has 1 heterocycles. The fraction of sp³-hybridized carbons (Fsp3) is 1.00. The van der Waals surface area contributed by atoms with Gasteiger partial charge in [0.2, 0.25) is 0 Å². The summed E-state index contributed by atoms with van der Waals surface area (Å²) in [6.07, 6.45) is 4.06. The summed E-state index contributed by atoms with van der Waals surface area (Å²) in [6, 6.07) is 0.766. The minimum atomic E-state index is 0.643. The van der Waals surface area contributed by atoms with Crippen LogP contribution < -0.4 is 5.32 Å². The lowest BCUT2D eigenvalue weighted by Crippen LogP contribution is -2.31. The summed E-state index contributed by atoms with van der Waals surface area (Å²) in [5.41, 5.74) is 0.643. The Labute approximate surface area is 94.4 Å². The highest BCUT2D eigenvalue weighted by Crippen LogP contribution is 2.51. The quantitative estimate of drug-likeness (QED) is 0.767. The summed E-state index contributed by atoms with van der Waals surface area (Å²) in [5, 5.41) is 3.63. The van der Waals surface area contributed by atoms with E-state index in [0.717, 1.165) is 12.0 Å². The predicted molar refractivity (Wildman–Crippen MR) is 65.0 cm³/mol. The minimum absolute atomic E-state index is 0.643. The van der Waals surface area contributed by atoms with Crippen LogP contribution in [0, 0.1) is 11.3 Å². The fourth-order valence-corrected chi connectivity index (χ4v) is 2.71. The van der Waals surface area contributed by atoms with Gasteiger partial charge in [0.25, 0.3) is 0 Å². The Hall–Kier alpha value is -0.0800. The Balaban J connectivity index is 1.74. The summed E-state index contributed by atoms with van der Waals surface area (Å²) < 4.78 is 0. The van der Waals surface area contributed by atoms with Crippen LogP contribution in [0.5, 0.6) is 0 Å². The summed E-state index contributed by atoms with van der Waals surface area (Å²) in [7, 11) is 0. The van der Waals surface area contributed by atoms with Crippen molar-refractivity contribution in [2.75, 3.05) is 26.2 Å². The van der Waals surface area contributed by atoms with Crippen molar-refractivity contribution in [1.29, 1.82) is 0 Å². The lowest BCUT2D eigenvalue weighted by Gasteiger charge is -2.20. The Bertz CT molecular complexity index is 213. The van der Waals surface area contributed by atoms with Gasteiger partial charge in [-0.25, -0.2) is 0 Å². The van der Waals surface area contributed by atoms with Crippen LogP contribution in [0.1, 0.15) is 40.0 Å². The van der Waals surface area contributed by atoms with E-state index in [9.17, 15) is 0 Å². The lowest BCUT2D eigenvalue weighted by atomic mass is 10.1. The van der Waals surface area contributed by atoms with Gasteiger partial charge in [0.15, 0.2) is 0 Å². The predicted octanol–water partition coefficient (Wildman–Crippen LogP) is 2.11. The molecule has 15 heavy (non-hydrogen) atoms. The van der Waals surface area contributed by atoms with Gasteiger partial charge in [-0.2, -0.15) is 0 Å². The highest BCUT2D eigenvalue weighted by molar-refractivity contribution is 4.97. The summed E-state index contributed by atoms with van der Waals surface area (Å²) in [5.74, 6) is 0.968. The van der Waals surface area contributed by atoms with Crippen LogP contribution in [-0.4, -0.2) is 37.1 Å². The van der Waals surface area contributed by atoms with Gasteiger partial charge in [0.05, 0.1) is 0 Å². The van der Waals surface area contributed by atoms with Gasteiger partial charge in [0.1, 0.15) is 0 Å². The standard InChI is InChI=1S/C13H26N2/c1-4-12-5-7-15(8-6-14-12)10-11-9-13(11,2)3/h11-12,14H,4-10H2,1-3H3. The van der Waals surface area contributed by atoms with E-state index in [1.54, 1.807) is 0 Å². The molecule has 2 atom stereocenters. The van der Waals surface area contributed by atoms with Gasteiger partial charge < -0.3 is 10.2 Å². The SMILES string of the molecule is CCC1CCN(CC2CC2(C)C)CCN1. The Morgan fingerprint density at radius 2 is 2.07 bits per heavy atom. The molecule has 0 radical (unpaired) electrons. The van der Waals surface area contributed by atoms with Gasteiger partial charge in [-0.3, -0.25) is 0 Å². The van der Waals surface area contributed by atoms with E-state index in [0.29, 0.717) is 5.41 Å². The van der Waals surface area contributed by atoms with Crippen molar-refractivity contribution in [3.8, 4) is 0 Å². The highest BCUT2D eigenvalue weighted by atomic mass is 15.2. The van der Waals surface area contributed by atoms with E-state index in [1.165, 1.54) is 45.4 Å². The maximum absolute atomic E-state index is 3.63. The highest BCUT2D eigenvalue weighted by Gasteiger charge is 2.45. The molecule has 1 saturated heterocycles. The molecule has 0 bridgehead atoms. The first-order chi connectivity index (χ1) is 7.12. The van der Waals surface area contributed by atoms with E-state index in [4.69, 9.17) is 0 Å². The molecule has 1 aliphatic carbocycles. The number of nitrogens with zero attached hydrogens (tertiary/aromatic N) is 1. The third-order valence-electron chi connectivity index (χ3n) is 4.34. The van der Waals surface area contributed by atoms with Crippen molar-refractivity contribution in [2.45, 2.75) is 46.1 Å². The molecule has 0 aromatic rings. The van der Waals surface area contributed by atoms with E-state index in [2.05, 4.69) is 31.0 Å². The van der Waals surface area contributed by atoms with Crippen LogP contribution in [0.3, 0.4) is 0 Å². The third-order valence-corrected chi connectivity index (χ3v) is 4.34. The van der Waals surface area contributed by atoms with Crippen molar-refractivity contribution in [2.24, 2.45) is 11.3 Å². The van der Waals surface area contributed by atoms with Gasteiger partial charge >= 0.3 is 0 Å². The summed E-state index contributed by atoms with van der Waals surface area (Å²) in [4.78, 5) is 2.67. The molecular weight excluding hydrogens is 184 g/mol. The molecule has 0 aromatic heterocycles. The second kappa shape index (κ2) is 4.42. The largest absolute Gasteiger partial charge is 0.313 e. The monoisotopic (exact) mass is 210 g/mol. The van der Waals surface area contributed by atoms with Gasteiger partial charge in [-0.15, -0.1) is 0 Å². The van der Waals surface area contributed by atoms with Crippen LogP contribution in [0.4, 0.5) is 0 Å². The molecule has 1 N–H and O–H groups in total. The smallest absolute Gasteiger partial charge is 0.0107 e. The number of nitrogens with one attached hydrogen (secondary N) is 1. The molecule has 88 valence electrons.